The van der Waals surface area contributed by atoms with Gasteiger partial charge in [-0.25, -0.2) is 0 Å². The Kier molecular flexibility index (Phi) is 3.46. The number of hydrogen-bond acceptors (Lipinski definition) is 3. The summed E-state index contributed by atoms with van der Waals surface area (Å²) >= 11 is 0. The first-order chi connectivity index (χ1) is 10.4. The van der Waals surface area contributed by atoms with Crippen molar-refractivity contribution in [1.29, 1.82) is 0 Å². The molecule has 0 unspecified atom stereocenters. The summed E-state index contributed by atoms with van der Waals surface area (Å²) in [5.74, 6) is 2.10. The molecular formula is C19H32O3. The molecule has 126 valence electrons. The second-order valence-corrected chi connectivity index (χ2v) is 9.36. The van der Waals surface area contributed by atoms with E-state index < -0.39 is 0 Å². The van der Waals surface area contributed by atoms with Crippen LogP contribution in [0.3, 0.4) is 0 Å². The van der Waals surface area contributed by atoms with Crippen LogP contribution in [0.2, 0.25) is 0 Å². The largest absolute Gasteiger partial charge is 0.393 e. The van der Waals surface area contributed by atoms with E-state index in [2.05, 4.69) is 13.8 Å². The first-order valence-corrected chi connectivity index (χ1v) is 9.40. The number of rotatable bonds is 0. The molecule has 0 aromatic heterocycles. The Bertz CT molecular complexity index is 452. The third-order valence-corrected chi connectivity index (χ3v) is 8.60. The van der Waals surface area contributed by atoms with Gasteiger partial charge in [0.05, 0.1) is 18.3 Å². The van der Waals surface area contributed by atoms with Crippen molar-refractivity contribution in [2.45, 2.75) is 83.5 Å². The Labute approximate surface area is 134 Å². The fourth-order valence-corrected chi connectivity index (χ4v) is 7.25. The molecule has 0 amide bonds. The molecule has 4 aliphatic rings. The molecule has 0 heterocycles. The Morgan fingerprint density at radius 3 is 2.18 bits per heavy atom. The first-order valence-electron chi connectivity index (χ1n) is 9.40. The van der Waals surface area contributed by atoms with Crippen LogP contribution in [0.1, 0.15) is 65.2 Å². The minimum Gasteiger partial charge on any atom is -0.393 e. The van der Waals surface area contributed by atoms with Crippen LogP contribution in [0.15, 0.2) is 0 Å². The van der Waals surface area contributed by atoms with Gasteiger partial charge in [-0.1, -0.05) is 13.8 Å². The van der Waals surface area contributed by atoms with Gasteiger partial charge in [-0.3, -0.25) is 0 Å². The third-order valence-electron chi connectivity index (χ3n) is 8.60. The number of fused-ring (bicyclic) bond motifs is 5. The van der Waals surface area contributed by atoms with Crippen molar-refractivity contribution < 1.29 is 15.3 Å². The van der Waals surface area contributed by atoms with Gasteiger partial charge in [0.2, 0.25) is 0 Å². The average Bonchev–Trinajstić information content (AvgIpc) is 2.77. The molecule has 4 aliphatic carbocycles. The monoisotopic (exact) mass is 308 g/mol. The summed E-state index contributed by atoms with van der Waals surface area (Å²) in [6.45, 7) is 4.68. The van der Waals surface area contributed by atoms with Gasteiger partial charge in [-0.15, -0.1) is 0 Å². The van der Waals surface area contributed by atoms with Crippen molar-refractivity contribution in [1.82, 2.24) is 0 Å². The van der Waals surface area contributed by atoms with E-state index in [0.717, 1.165) is 44.9 Å². The molecule has 0 aromatic carbocycles. The molecular weight excluding hydrogens is 276 g/mol. The highest BCUT2D eigenvalue weighted by atomic mass is 16.3. The third kappa shape index (κ3) is 1.91. The average molecular weight is 308 g/mol. The lowest BCUT2D eigenvalue weighted by atomic mass is 9.44. The van der Waals surface area contributed by atoms with Crippen molar-refractivity contribution in [3.8, 4) is 0 Å². The van der Waals surface area contributed by atoms with E-state index in [1.807, 2.05) is 0 Å². The summed E-state index contributed by atoms with van der Waals surface area (Å²) in [5.41, 5.74) is 0.273. The molecule has 0 saturated heterocycles. The van der Waals surface area contributed by atoms with Crippen LogP contribution in [0, 0.1) is 34.5 Å². The Balaban J connectivity index is 1.66. The first kappa shape index (κ1) is 15.4. The maximum absolute atomic E-state index is 10.8. The van der Waals surface area contributed by atoms with Crippen LogP contribution in [0.4, 0.5) is 0 Å². The van der Waals surface area contributed by atoms with Gasteiger partial charge in [0.15, 0.2) is 0 Å². The minimum atomic E-state index is -0.263. The molecule has 3 N–H and O–H groups in total. The lowest BCUT2D eigenvalue weighted by Gasteiger charge is -2.61. The summed E-state index contributed by atoms with van der Waals surface area (Å²) in [7, 11) is 0. The van der Waals surface area contributed by atoms with Gasteiger partial charge < -0.3 is 15.3 Å². The highest BCUT2D eigenvalue weighted by molar-refractivity contribution is 5.11. The molecule has 0 aliphatic heterocycles. The highest BCUT2D eigenvalue weighted by Crippen LogP contribution is 2.66. The summed E-state index contributed by atoms with van der Waals surface area (Å²) < 4.78 is 0. The molecule has 9 atom stereocenters. The topological polar surface area (TPSA) is 60.7 Å². The zero-order valence-electron chi connectivity index (χ0n) is 14.0. The molecule has 22 heavy (non-hydrogen) atoms. The quantitative estimate of drug-likeness (QED) is 0.645. The highest BCUT2D eigenvalue weighted by Gasteiger charge is 2.61. The summed E-state index contributed by atoms with van der Waals surface area (Å²) in [5, 5.41) is 31.4. The van der Waals surface area contributed by atoms with Crippen LogP contribution < -0.4 is 0 Å². The van der Waals surface area contributed by atoms with E-state index in [4.69, 9.17) is 0 Å². The zero-order valence-corrected chi connectivity index (χ0v) is 14.0. The van der Waals surface area contributed by atoms with Crippen LogP contribution in [0.5, 0.6) is 0 Å². The van der Waals surface area contributed by atoms with Gasteiger partial charge in [0.1, 0.15) is 0 Å². The van der Waals surface area contributed by atoms with Gasteiger partial charge in [0, 0.05) is 0 Å². The predicted molar refractivity (Wildman–Crippen MR) is 85.1 cm³/mol. The van der Waals surface area contributed by atoms with E-state index in [-0.39, 0.29) is 35.1 Å². The second-order valence-electron chi connectivity index (χ2n) is 9.36. The van der Waals surface area contributed by atoms with Crippen LogP contribution in [-0.2, 0) is 0 Å². The Morgan fingerprint density at radius 2 is 1.41 bits per heavy atom. The molecule has 3 heteroatoms. The fourth-order valence-electron chi connectivity index (χ4n) is 7.25. The standard InChI is InChI=1S/C19H32O3/c1-18-7-5-11(20)9-15(18)16(21)10-12-13-3-4-17(22)19(13,2)8-6-14(12)18/h11-17,20-22H,3-10H2,1-2H3/t11-,12-,13-,14-,15+,16+,17+,18+,19-/m0/s1. The van der Waals surface area contributed by atoms with Crippen LogP contribution in [-0.4, -0.2) is 33.6 Å². The SMILES string of the molecule is C[C@]12CC[C@H](O)C[C@@H]1[C@H](O)C[C@@H]1[C@@H]2CC[C@]2(C)[C@H](O)CC[C@@H]12. The van der Waals surface area contributed by atoms with Crippen LogP contribution >= 0.6 is 0 Å². The molecule has 4 saturated carbocycles. The predicted octanol–water partition coefficient (Wildman–Crippen LogP) is 2.72. The normalized spacial score (nSPS) is 61.2. The number of aliphatic hydroxyl groups excluding tert-OH is 3. The van der Waals surface area contributed by atoms with Crippen molar-refractivity contribution in [2.24, 2.45) is 34.5 Å². The Morgan fingerprint density at radius 1 is 0.727 bits per heavy atom. The maximum Gasteiger partial charge on any atom is 0.0596 e. The molecule has 3 nitrogen and oxygen atoms in total. The van der Waals surface area contributed by atoms with Crippen molar-refractivity contribution in [3.63, 3.8) is 0 Å². The summed E-state index contributed by atoms with van der Waals surface area (Å²) in [4.78, 5) is 0. The van der Waals surface area contributed by atoms with Gasteiger partial charge in [-0.2, -0.15) is 0 Å². The number of aliphatic hydroxyl groups is 3. The second kappa shape index (κ2) is 4.94. The zero-order chi connectivity index (χ0) is 15.7. The van der Waals surface area contributed by atoms with E-state index in [9.17, 15) is 15.3 Å². The van der Waals surface area contributed by atoms with Gasteiger partial charge >= 0.3 is 0 Å². The molecule has 0 radical (unpaired) electrons. The molecule has 0 spiro atoms. The van der Waals surface area contributed by atoms with Gasteiger partial charge in [-0.05, 0) is 85.9 Å². The Hall–Kier alpha value is -0.120. The van der Waals surface area contributed by atoms with Crippen molar-refractivity contribution in [2.75, 3.05) is 0 Å². The lowest BCUT2D eigenvalue weighted by molar-refractivity contribution is -0.174. The molecule has 4 fully saturated rings. The van der Waals surface area contributed by atoms with E-state index in [1.165, 1.54) is 6.42 Å². The number of hydrogen-bond donors (Lipinski definition) is 3. The lowest BCUT2D eigenvalue weighted by Crippen LogP contribution is -2.58. The maximum atomic E-state index is 10.8. The molecule has 4 rings (SSSR count). The summed E-state index contributed by atoms with van der Waals surface area (Å²) in [6, 6.07) is 0. The minimum absolute atomic E-state index is 0.0816. The molecule has 0 aromatic rings. The van der Waals surface area contributed by atoms with Crippen molar-refractivity contribution >= 4 is 0 Å². The smallest absolute Gasteiger partial charge is 0.0596 e. The van der Waals surface area contributed by atoms with E-state index in [0.29, 0.717) is 17.8 Å². The summed E-state index contributed by atoms with van der Waals surface area (Å²) in [6.07, 6.45) is 7.42. The molecule has 0 bridgehead atoms. The van der Waals surface area contributed by atoms with E-state index in [1.54, 1.807) is 0 Å². The van der Waals surface area contributed by atoms with Crippen molar-refractivity contribution in [3.05, 3.63) is 0 Å². The van der Waals surface area contributed by atoms with Crippen LogP contribution in [0.25, 0.3) is 0 Å². The fraction of sp³-hybridized carbons (Fsp3) is 1.00. The van der Waals surface area contributed by atoms with Gasteiger partial charge in [0.25, 0.3) is 0 Å². The van der Waals surface area contributed by atoms with E-state index >= 15 is 0 Å².